The van der Waals surface area contributed by atoms with Gasteiger partial charge in [-0.15, -0.1) is 11.3 Å². The Morgan fingerprint density at radius 1 is 1.56 bits per heavy atom. The number of hydrogen-bond acceptors (Lipinski definition) is 4. The highest BCUT2D eigenvalue weighted by Gasteiger charge is 2.31. The third kappa shape index (κ3) is 2.35. The van der Waals surface area contributed by atoms with Crippen LogP contribution in [-0.4, -0.2) is 34.4 Å². The summed E-state index contributed by atoms with van der Waals surface area (Å²) in [6, 6.07) is 1.79. The molecule has 1 aromatic heterocycles. The Kier molecular flexibility index (Phi) is 3.17. The number of amides is 1. The molecule has 1 saturated heterocycles. The van der Waals surface area contributed by atoms with Gasteiger partial charge in [0.2, 0.25) is 0 Å². The molecule has 0 saturated carbocycles. The first kappa shape index (κ1) is 11.8. The van der Waals surface area contributed by atoms with Crippen molar-refractivity contribution in [3.8, 4) is 0 Å². The molecule has 1 amide bonds. The lowest BCUT2D eigenvalue weighted by molar-refractivity contribution is 0.0754. The quantitative estimate of drug-likeness (QED) is 0.838. The lowest BCUT2D eigenvalue weighted by Crippen LogP contribution is -2.46. The zero-order chi connectivity index (χ0) is 11.8. The largest absolute Gasteiger partial charge is 0.397 e. The molecule has 0 bridgehead atoms. The molecule has 0 unspecified atom stereocenters. The fourth-order valence-corrected chi connectivity index (χ4v) is 3.72. The van der Waals surface area contributed by atoms with Crippen LogP contribution in [0.4, 0.5) is 5.69 Å². The maximum atomic E-state index is 12.2. The van der Waals surface area contributed by atoms with E-state index in [1.54, 1.807) is 6.07 Å². The second-order valence-corrected chi connectivity index (χ2v) is 7.26. The van der Waals surface area contributed by atoms with Gasteiger partial charge in [0, 0.05) is 23.6 Å². The normalized spacial score (nSPS) is 19.8. The zero-order valence-corrected chi connectivity index (χ0v) is 11.2. The van der Waals surface area contributed by atoms with Gasteiger partial charge in [-0.05, 0) is 25.3 Å². The first-order valence-corrected chi connectivity index (χ1v) is 7.12. The summed E-state index contributed by atoms with van der Waals surface area (Å²) in [7, 11) is 0. The van der Waals surface area contributed by atoms with Gasteiger partial charge in [-0.1, -0.05) is 0 Å². The average molecular weight is 256 g/mol. The molecule has 16 heavy (non-hydrogen) atoms. The van der Waals surface area contributed by atoms with Crippen molar-refractivity contribution < 1.29 is 4.79 Å². The molecule has 1 aliphatic heterocycles. The Balaban J connectivity index is 2.14. The van der Waals surface area contributed by atoms with E-state index in [0.29, 0.717) is 10.6 Å². The van der Waals surface area contributed by atoms with Crippen LogP contribution in [0.15, 0.2) is 11.4 Å². The summed E-state index contributed by atoms with van der Waals surface area (Å²) in [5.41, 5.74) is 6.38. The molecule has 0 spiro atoms. The van der Waals surface area contributed by atoms with Crippen LogP contribution in [0.25, 0.3) is 0 Å². The summed E-state index contributed by atoms with van der Waals surface area (Å²) in [5, 5.41) is 1.87. The maximum Gasteiger partial charge on any atom is 0.266 e. The lowest BCUT2D eigenvalue weighted by atomic mass is 10.2. The Hall–Kier alpha value is -0.680. The van der Waals surface area contributed by atoms with Crippen LogP contribution in [0.2, 0.25) is 0 Å². The minimum Gasteiger partial charge on any atom is -0.397 e. The minimum atomic E-state index is 0.0841. The highest BCUT2D eigenvalue weighted by Crippen LogP contribution is 2.31. The van der Waals surface area contributed by atoms with Gasteiger partial charge in [0.25, 0.3) is 5.91 Å². The number of thiophene rings is 1. The Morgan fingerprint density at radius 3 is 2.88 bits per heavy atom. The SMILES string of the molecule is CC1(C)CN(C(=O)c2sccc2N)CCS1. The van der Waals surface area contributed by atoms with Crippen LogP contribution in [0.3, 0.4) is 0 Å². The predicted molar refractivity (Wildman–Crippen MR) is 71.2 cm³/mol. The van der Waals surface area contributed by atoms with Gasteiger partial charge >= 0.3 is 0 Å². The Bertz CT molecular complexity index is 400. The summed E-state index contributed by atoms with van der Waals surface area (Å²) in [4.78, 5) is 14.8. The number of thioether (sulfide) groups is 1. The average Bonchev–Trinajstić information content (AvgIpc) is 2.62. The molecule has 1 aliphatic rings. The molecule has 2 N–H and O–H groups in total. The Labute approximate surface area is 104 Å². The summed E-state index contributed by atoms with van der Waals surface area (Å²) in [6.45, 7) is 5.97. The van der Waals surface area contributed by atoms with Gasteiger partial charge in [-0.3, -0.25) is 4.79 Å². The van der Waals surface area contributed by atoms with Crippen molar-refractivity contribution in [1.82, 2.24) is 4.90 Å². The molecule has 0 radical (unpaired) electrons. The highest BCUT2D eigenvalue weighted by molar-refractivity contribution is 8.00. The number of rotatable bonds is 1. The van der Waals surface area contributed by atoms with Crippen molar-refractivity contribution in [2.75, 3.05) is 24.6 Å². The summed E-state index contributed by atoms with van der Waals surface area (Å²) in [6.07, 6.45) is 0. The number of anilines is 1. The van der Waals surface area contributed by atoms with Crippen LogP contribution < -0.4 is 5.73 Å². The fraction of sp³-hybridized carbons (Fsp3) is 0.545. The fourth-order valence-electron chi connectivity index (χ4n) is 1.83. The van der Waals surface area contributed by atoms with E-state index in [4.69, 9.17) is 5.73 Å². The van der Waals surface area contributed by atoms with Crippen molar-refractivity contribution in [2.24, 2.45) is 0 Å². The van der Waals surface area contributed by atoms with Gasteiger partial charge in [-0.2, -0.15) is 11.8 Å². The smallest absolute Gasteiger partial charge is 0.266 e. The summed E-state index contributed by atoms with van der Waals surface area (Å²) >= 11 is 3.35. The number of hydrogen-bond donors (Lipinski definition) is 1. The third-order valence-corrected chi connectivity index (χ3v) is 4.82. The predicted octanol–water partition coefficient (Wildman–Crippen LogP) is 2.30. The minimum absolute atomic E-state index is 0.0841. The number of carbonyl (C=O) groups excluding carboxylic acids is 1. The second-order valence-electron chi connectivity index (χ2n) is 4.54. The van der Waals surface area contributed by atoms with Crippen molar-refractivity contribution >= 4 is 34.7 Å². The van der Waals surface area contributed by atoms with Crippen molar-refractivity contribution in [2.45, 2.75) is 18.6 Å². The monoisotopic (exact) mass is 256 g/mol. The van der Waals surface area contributed by atoms with Gasteiger partial charge in [-0.25, -0.2) is 0 Å². The molecule has 0 aromatic carbocycles. The third-order valence-electron chi connectivity index (χ3n) is 2.60. The van der Waals surface area contributed by atoms with E-state index in [1.807, 2.05) is 22.0 Å². The molecule has 2 rings (SSSR count). The maximum absolute atomic E-state index is 12.2. The topological polar surface area (TPSA) is 46.3 Å². The molecule has 0 atom stereocenters. The van der Waals surface area contributed by atoms with Crippen molar-refractivity contribution in [3.05, 3.63) is 16.3 Å². The van der Waals surface area contributed by atoms with E-state index < -0.39 is 0 Å². The first-order valence-electron chi connectivity index (χ1n) is 5.26. The molecule has 3 nitrogen and oxygen atoms in total. The van der Waals surface area contributed by atoms with Crippen LogP contribution in [0.5, 0.6) is 0 Å². The van der Waals surface area contributed by atoms with Crippen LogP contribution in [0.1, 0.15) is 23.5 Å². The molecule has 1 fully saturated rings. The second kappa shape index (κ2) is 4.30. The Morgan fingerprint density at radius 2 is 2.31 bits per heavy atom. The molecule has 5 heteroatoms. The van der Waals surface area contributed by atoms with Gasteiger partial charge < -0.3 is 10.6 Å². The van der Waals surface area contributed by atoms with Gasteiger partial charge in [0.1, 0.15) is 4.88 Å². The van der Waals surface area contributed by atoms with E-state index in [-0.39, 0.29) is 10.7 Å². The standard InChI is InChI=1S/C11H16N2OS2/c1-11(2)7-13(4-6-16-11)10(14)9-8(12)3-5-15-9/h3,5H,4,6-7,12H2,1-2H3. The molecular weight excluding hydrogens is 240 g/mol. The summed E-state index contributed by atoms with van der Waals surface area (Å²) in [5.74, 6) is 1.09. The van der Waals surface area contributed by atoms with Gasteiger partial charge in [0.15, 0.2) is 0 Å². The number of carbonyl (C=O) groups is 1. The van der Waals surface area contributed by atoms with Crippen LogP contribution in [-0.2, 0) is 0 Å². The molecule has 88 valence electrons. The van der Waals surface area contributed by atoms with Crippen molar-refractivity contribution in [1.29, 1.82) is 0 Å². The molecular formula is C11H16N2OS2. The van der Waals surface area contributed by atoms with Crippen LogP contribution >= 0.6 is 23.1 Å². The first-order chi connectivity index (χ1) is 7.49. The zero-order valence-electron chi connectivity index (χ0n) is 9.53. The summed E-state index contributed by atoms with van der Waals surface area (Å²) < 4.78 is 0.153. The van der Waals surface area contributed by atoms with Crippen molar-refractivity contribution in [3.63, 3.8) is 0 Å². The molecule has 2 heterocycles. The van der Waals surface area contributed by atoms with Gasteiger partial charge in [0.05, 0.1) is 5.69 Å². The number of nitrogens with zero attached hydrogens (tertiary/aromatic N) is 1. The number of nitrogen functional groups attached to an aromatic ring is 1. The van der Waals surface area contributed by atoms with E-state index >= 15 is 0 Å². The lowest BCUT2D eigenvalue weighted by Gasteiger charge is -2.37. The highest BCUT2D eigenvalue weighted by atomic mass is 32.2. The molecule has 1 aromatic rings. The molecule has 0 aliphatic carbocycles. The van der Waals surface area contributed by atoms with Crippen LogP contribution in [0, 0.1) is 0 Å². The van der Waals surface area contributed by atoms with E-state index in [9.17, 15) is 4.79 Å². The van der Waals surface area contributed by atoms with E-state index in [1.165, 1.54) is 11.3 Å². The number of nitrogens with two attached hydrogens (primary N) is 1. The van der Waals surface area contributed by atoms with E-state index in [0.717, 1.165) is 18.8 Å². The van der Waals surface area contributed by atoms with E-state index in [2.05, 4.69) is 13.8 Å².